The number of benzene rings is 1. The molecule has 8 heteroatoms. The van der Waals surface area contributed by atoms with Crippen molar-refractivity contribution in [3.8, 4) is 0 Å². The third-order valence-electron chi connectivity index (χ3n) is 5.79. The fraction of sp³-hybridized carbons (Fsp3) is 0.565. The van der Waals surface area contributed by atoms with E-state index in [9.17, 15) is 13.2 Å². The molecule has 1 fully saturated rings. The van der Waals surface area contributed by atoms with Crippen LogP contribution in [0.2, 0.25) is 0 Å². The second-order valence-corrected chi connectivity index (χ2v) is 11.1. The number of sulfonamides is 1. The molecule has 0 saturated heterocycles. The number of carbonyl (C=O) groups is 1. The number of anilines is 1. The monoisotopic (exact) mass is 463 g/mol. The average molecular weight is 464 g/mol. The van der Waals surface area contributed by atoms with Crippen LogP contribution in [0.25, 0.3) is 0 Å². The van der Waals surface area contributed by atoms with E-state index in [2.05, 4.69) is 28.9 Å². The van der Waals surface area contributed by atoms with Crippen molar-refractivity contribution in [2.24, 2.45) is 11.8 Å². The van der Waals surface area contributed by atoms with Gasteiger partial charge in [-0.1, -0.05) is 51.7 Å². The van der Waals surface area contributed by atoms with Gasteiger partial charge in [0.05, 0.1) is 10.8 Å². The van der Waals surface area contributed by atoms with Crippen molar-refractivity contribution in [3.05, 3.63) is 41.4 Å². The molecule has 1 aromatic carbocycles. The van der Waals surface area contributed by atoms with Gasteiger partial charge >= 0.3 is 0 Å². The highest BCUT2D eigenvalue weighted by Crippen LogP contribution is 2.32. The lowest BCUT2D eigenvalue weighted by atomic mass is 9.84. The van der Waals surface area contributed by atoms with Crippen molar-refractivity contribution >= 4 is 32.4 Å². The van der Waals surface area contributed by atoms with E-state index < -0.39 is 10.0 Å². The average Bonchev–Trinajstić information content (AvgIpc) is 3.45. The van der Waals surface area contributed by atoms with Crippen molar-refractivity contribution in [2.75, 3.05) is 11.9 Å². The number of aromatic nitrogens is 1. The second-order valence-electron chi connectivity index (χ2n) is 8.42. The molecular weight excluding hydrogens is 430 g/mol. The normalized spacial score (nSPS) is 15.2. The molecule has 0 aliphatic heterocycles. The predicted octanol–water partition coefficient (Wildman–Crippen LogP) is 5.16. The molecule has 1 heterocycles. The fourth-order valence-corrected chi connectivity index (χ4v) is 5.56. The van der Waals surface area contributed by atoms with Gasteiger partial charge in [-0.05, 0) is 48.8 Å². The summed E-state index contributed by atoms with van der Waals surface area (Å²) in [6.45, 7) is 4.84. The van der Waals surface area contributed by atoms with Crippen LogP contribution in [0, 0.1) is 11.8 Å². The maximum atomic E-state index is 13.1. The molecule has 1 atom stereocenters. The minimum Gasteiger partial charge on any atom is -0.301 e. The van der Waals surface area contributed by atoms with E-state index in [1.165, 1.54) is 11.3 Å². The molecule has 3 rings (SSSR count). The third-order valence-corrected chi connectivity index (χ3v) is 7.92. The van der Waals surface area contributed by atoms with Crippen LogP contribution < -0.4 is 10.0 Å². The minimum atomic E-state index is -3.52. The molecule has 1 aromatic heterocycles. The smallest absolute Gasteiger partial charge is 0.240 e. The Hall–Kier alpha value is -1.77. The number of hydrogen-bond acceptors (Lipinski definition) is 5. The first-order chi connectivity index (χ1) is 14.9. The van der Waals surface area contributed by atoms with Gasteiger partial charge in [-0.2, -0.15) is 0 Å². The van der Waals surface area contributed by atoms with Gasteiger partial charge in [-0.3, -0.25) is 4.79 Å². The first-order valence-corrected chi connectivity index (χ1v) is 13.6. The summed E-state index contributed by atoms with van der Waals surface area (Å²) >= 11 is 1.39. The summed E-state index contributed by atoms with van der Waals surface area (Å²) in [5, 5.41) is 5.35. The van der Waals surface area contributed by atoms with E-state index in [4.69, 9.17) is 0 Å². The summed E-state index contributed by atoms with van der Waals surface area (Å²) in [6.07, 6.45) is 8.90. The molecule has 31 heavy (non-hydrogen) atoms. The lowest BCUT2D eigenvalue weighted by molar-refractivity contribution is -0.118. The standard InChI is InChI=1S/C23H33N3O3S2/c1-3-5-17(6-4-2)15-21(22(27)26-23-24-13-14-30-23)19-9-11-20(12-10-19)31(28,29)25-16-18-7-8-18/h9-14,17-18,21,25H,3-8,15-16H2,1-2H3,(H,24,26,27). The number of carbonyl (C=O) groups excluding carboxylic acids is 1. The maximum absolute atomic E-state index is 13.1. The van der Waals surface area contributed by atoms with Crippen LogP contribution in [-0.2, 0) is 14.8 Å². The Morgan fingerprint density at radius 2 is 1.84 bits per heavy atom. The van der Waals surface area contributed by atoms with Crippen molar-refractivity contribution in [3.63, 3.8) is 0 Å². The van der Waals surface area contributed by atoms with Crippen LogP contribution in [-0.4, -0.2) is 25.9 Å². The first kappa shape index (κ1) is 23.9. The SMILES string of the molecule is CCCC(CCC)CC(C(=O)Nc1nccs1)c1ccc(S(=O)(=O)NCC2CC2)cc1. The lowest BCUT2D eigenvalue weighted by Gasteiger charge is -2.23. The Bertz CT molecular complexity index is 917. The Balaban J connectivity index is 1.78. The zero-order chi connectivity index (χ0) is 22.3. The first-order valence-electron chi connectivity index (χ1n) is 11.2. The largest absolute Gasteiger partial charge is 0.301 e. The number of amides is 1. The molecule has 1 aliphatic carbocycles. The van der Waals surface area contributed by atoms with Crippen LogP contribution in [0.1, 0.15) is 70.3 Å². The molecule has 6 nitrogen and oxygen atoms in total. The fourth-order valence-electron chi connectivity index (χ4n) is 3.91. The summed E-state index contributed by atoms with van der Waals surface area (Å²) in [5.41, 5.74) is 0.840. The Kier molecular flexibility index (Phi) is 8.63. The number of nitrogens with zero attached hydrogens (tertiary/aromatic N) is 1. The van der Waals surface area contributed by atoms with Crippen molar-refractivity contribution in [1.82, 2.24) is 9.71 Å². The quantitative estimate of drug-likeness (QED) is 0.429. The number of rotatable bonds is 13. The van der Waals surface area contributed by atoms with Gasteiger partial charge in [-0.15, -0.1) is 11.3 Å². The molecular formula is C23H33N3O3S2. The zero-order valence-corrected chi connectivity index (χ0v) is 20.0. The maximum Gasteiger partial charge on any atom is 0.240 e. The molecule has 170 valence electrons. The van der Waals surface area contributed by atoms with E-state index in [0.29, 0.717) is 23.5 Å². The van der Waals surface area contributed by atoms with E-state index in [1.54, 1.807) is 30.5 Å². The molecule has 1 unspecified atom stereocenters. The van der Waals surface area contributed by atoms with Gasteiger partial charge in [0.15, 0.2) is 5.13 Å². The summed E-state index contributed by atoms with van der Waals surface area (Å²) in [6, 6.07) is 6.80. The van der Waals surface area contributed by atoms with Crippen LogP contribution in [0.4, 0.5) is 5.13 Å². The molecule has 2 N–H and O–H groups in total. The van der Waals surface area contributed by atoms with E-state index in [-0.39, 0.29) is 16.7 Å². The highest BCUT2D eigenvalue weighted by atomic mass is 32.2. The van der Waals surface area contributed by atoms with Gasteiger partial charge in [0, 0.05) is 18.1 Å². The van der Waals surface area contributed by atoms with Gasteiger partial charge < -0.3 is 5.32 Å². The zero-order valence-electron chi connectivity index (χ0n) is 18.3. The molecule has 0 spiro atoms. The van der Waals surface area contributed by atoms with Gasteiger partial charge in [0.2, 0.25) is 15.9 Å². The van der Waals surface area contributed by atoms with E-state index in [1.807, 2.05) is 5.38 Å². The number of hydrogen-bond donors (Lipinski definition) is 2. The van der Waals surface area contributed by atoms with Crippen LogP contribution in [0.5, 0.6) is 0 Å². The lowest BCUT2D eigenvalue weighted by Crippen LogP contribution is -2.26. The summed E-state index contributed by atoms with van der Waals surface area (Å²) in [7, 11) is -3.52. The summed E-state index contributed by atoms with van der Waals surface area (Å²) in [4.78, 5) is 17.6. The molecule has 1 aliphatic rings. The second kappa shape index (κ2) is 11.2. The van der Waals surface area contributed by atoms with Crippen molar-refractivity contribution < 1.29 is 13.2 Å². The van der Waals surface area contributed by atoms with Crippen molar-refractivity contribution in [1.29, 1.82) is 0 Å². The van der Waals surface area contributed by atoms with Gasteiger partial charge in [0.1, 0.15) is 0 Å². The summed E-state index contributed by atoms with van der Waals surface area (Å²) in [5.74, 6) is 0.491. The third kappa shape index (κ3) is 7.12. The summed E-state index contributed by atoms with van der Waals surface area (Å²) < 4.78 is 27.8. The Morgan fingerprint density at radius 3 is 2.39 bits per heavy atom. The molecule has 2 aromatic rings. The Morgan fingerprint density at radius 1 is 1.16 bits per heavy atom. The van der Waals surface area contributed by atoms with Crippen LogP contribution in [0.3, 0.4) is 0 Å². The van der Waals surface area contributed by atoms with Crippen molar-refractivity contribution in [2.45, 2.75) is 69.6 Å². The minimum absolute atomic E-state index is 0.0883. The van der Waals surface area contributed by atoms with Crippen LogP contribution >= 0.6 is 11.3 Å². The van der Waals surface area contributed by atoms with Crippen LogP contribution in [0.15, 0.2) is 40.7 Å². The predicted molar refractivity (Wildman–Crippen MR) is 126 cm³/mol. The molecule has 0 bridgehead atoms. The molecule has 0 radical (unpaired) electrons. The number of thiazole rings is 1. The topological polar surface area (TPSA) is 88.2 Å². The van der Waals surface area contributed by atoms with E-state index in [0.717, 1.165) is 50.5 Å². The van der Waals surface area contributed by atoms with E-state index >= 15 is 0 Å². The molecule has 1 saturated carbocycles. The highest BCUT2D eigenvalue weighted by Gasteiger charge is 2.27. The van der Waals surface area contributed by atoms with Gasteiger partial charge in [-0.25, -0.2) is 18.1 Å². The number of nitrogens with one attached hydrogen (secondary N) is 2. The molecule has 1 amide bonds. The highest BCUT2D eigenvalue weighted by molar-refractivity contribution is 7.89. The Labute approximate surface area is 189 Å². The van der Waals surface area contributed by atoms with Gasteiger partial charge in [0.25, 0.3) is 0 Å².